The molecule has 0 amide bonds. The molecule has 0 saturated heterocycles. The maximum Gasteiger partial charge on any atom is 0.344 e. The lowest BCUT2D eigenvalue weighted by atomic mass is 10.1. The number of benzene rings is 2. The van der Waals surface area contributed by atoms with Gasteiger partial charge in [-0.1, -0.05) is 36.4 Å². The van der Waals surface area contributed by atoms with E-state index in [-0.39, 0.29) is 13.2 Å². The Hall–Kier alpha value is -2.88. The van der Waals surface area contributed by atoms with Crippen molar-refractivity contribution in [1.82, 2.24) is 4.98 Å². The third kappa shape index (κ3) is 3.41. The summed E-state index contributed by atoms with van der Waals surface area (Å²) in [4.78, 5) is 16.0. The Labute approximate surface area is 128 Å². The topological polar surface area (TPSA) is 48.4 Å². The van der Waals surface area contributed by atoms with Gasteiger partial charge in [0.1, 0.15) is 12.4 Å². The van der Waals surface area contributed by atoms with Crippen molar-refractivity contribution in [2.75, 3.05) is 6.61 Å². The van der Waals surface area contributed by atoms with Crippen LogP contribution >= 0.6 is 0 Å². The highest BCUT2D eigenvalue weighted by Crippen LogP contribution is 2.17. The van der Waals surface area contributed by atoms with E-state index in [2.05, 4.69) is 4.98 Å². The standard InChI is InChI=1S/C18H15NO3/c20-18(13-21-15-6-2-1-3-7-15)22-12-14-10-11-19-17-9-5-4-8-16(14)17/h1-11H,12-13H2. The van der Waals surface area contributed by atoms with Crippen LogP contribution in [0.15, 0.2) is 66.9 Å². The molecule has 0 spiro atoms. The number of carbonyl (C=O) groups excluding carboxylic acids is 1. The van der Waals surface area contributed by atoms with Crippen LogP contribution in [0.2, 0.25) is 0 Å². The van der Waals surface area contributed by atoms with Crippen LogP contribution in [0.5, 0.6) is 5.75 Å². The number of rotatable bonds is 5. The van der Waals surface area contributed by atoms with Crippen molar-refractivity contribution < 1.29 is 14.3 Å². The van der Waals surface area contributed by atoms with Gasteiger partial charge in [0.15, 0.2) is 6.61 Å². The molecule has 3 aromatic rings. The van der Waals surface area contributed by atoms with Crippen molar-refractivity contribution in [3.63, 3.8) is 0 Å². The van der Waals surface area contributed by atoms with Gasteiger partial charge in [-0.05, 0) is 24.3 Å². The monoisotopic (exact) mass is 293 g/mol. The van der Waals surface area contributed by atoms with Gasteiger partial charge in [-0.2, -0.15) is 0 Å². The van der Waals surface area contributed by atoms with Crippen LogP contribution in [0.4, 0.5) is 0 Å². The number of ether oxygens (including phenoxy) is 2. The van der Waals surface area contributed by atoms with E-state index in [1.807, 2.05) is 48.5 Å². The van der Waals surface area contributed by atoms with E-state index in [4.69, 9.17) is 9.47 Å². The lowest BCUT2D eigenvalue weighted by Gasteiger charge is -2.08. The van der Waals surface area contributed by atoms with E-state index in [1.54, 1.807) is 18.3 Å². The summed E-state index contributed by atoms with van der Waals surface area (Å²) in [6, 6.07) is 18.8. The predicted molar refractivity (Wildman–Crippen MR) is 83.5 cm³/mol. The van der Waals surface area contributed by atoms with Gasteiger partial charge in [0, 0.05) is 17.1 Å². The lowest BCUT2D eigenvalue weighted by molar-refractivity contribution is -0.147. The molecular formula is C18H15NO3. The third-order valence-electron chi connectivity index (χ3n) is 3.23. The van der Waals surface area contributed by atoms with Crippen LogP contribution in [0.25, 0.3) is 10.9 Å². The molecule has 110 valence electrons. The van der Waals surface area contributed by atoms with E-state index < -0.39 is 5.97 Å². The number of fused-ring (bicyclic) bond motifs is 1. The number of para-hydroxylation sites is 2. The Bertz CT molecular complexity index is 766. The van der Waals surface area contributed by atoms with E-state index in [0.29, 0.717) is 5.75 Å². The minimum Gasteiger partial charge on any atom is -0.482 e. The van der Waals surface area contributed by atoms with Gasteiger partial charge in [-0.3, -0.25) is 4.98 Å². The number of carbonyl (C=O) groups is 1. The Morgan fingerprint density at radius 2 is 1.73 bits per heavy atom. The summed E-state index contributed by atoms with van der Waals surface area (Å²) in [5.41, 5.74) is 1.82. The van der Waals surface area contributed by atoms with Crippen LogP contribution in [0, 0.1) is 0 Å². The first kappa shape index (κ1) is 14.1. The average Bonchev–Trinajstić information content (AvgIpc) is 2.59. The van der Waals surface area contributed by atoms with Gasteiger partial charge in [-0.25, -0.2) is 4.79 Å². The number of hydrogen-bond acceptors (Lipinski definition) is 4. The van der Waals surface area contributed by atoms with Crippen LogP contribution in [-0.4, -0.2) is 17.6 Å². The van der Waals surface area contributed by atoms with Gasteiger partial charge < -0.3 is 9.47 Å². The largest absolute Gasteiger partial charge is 0.482 e. The molecule has 4 nitrogen and oxygen atoms in total. The highest BCUT2D eigenvalue weighted by atomic mass is 16.6. The molecule has 0 aliphatic carbocycles. The molecule has 0 atom stereocenters. The summed E-state index contributed by atoms with van der Waals surface area (Å²) in [6.07, 6.45) is 1.71. The number of aromatic nitrogens is 1. The molecule has 0 aliphatic rings. The summed E-state index contributed by atoms with van der Waals surface area (Å²) in [7, 11) is 0. The first-order valence-electron chi connectivity index (χ1n) is 6.99. The maximum atomic E-state index is 11.8. The molecule has 1 heterocycles. The minimum atomic E-state index is -0.398. The van der Waals surface area contributed by atoms with Crippen LogP contribution in [-0.2, 0) is 16.1 Å². The maximum absolute atomic E-state index is 11.8. The molecule has 1 aromatic heterocycles. The second-order valence-corrected chi connectivity index (χ2v) is 4.75. The molecule has 0 radical (unpaired) electrons. The Morgan fingerprint density at radius 3 is 2.59 bits per heavy atom. The first-order valence-corrected chi connectivity index (χ1v) is 6.99. The summed E-state index contributed by atoms with van der Waals surface area (Å²) in [6.45, 7) is 0.104. The molecule has 4 heteroatoms. The second kappa shape index (κ2) is 6.72. The Morgan fingerprint density at radius 1 is 0.955 bits per heavy atom. The van der Waals surface area contributed by atoms with E-state index in [0.717, 1.165) is 16.5 Å². The summed E-state index contributed by atoms with van der Waals surface area (Å²) >= 11 is 0. The zero-order valence-corrected chi connectivity index (χ0v) is 11.9. The van der Waals surface area contributed by atoms with Crippen LogP contribution in [0.3, 0.4) is 0 Å². The summed E-state index contributed by atoms with van der Waals surface area (Å²) in [5.74, 6) is 0.249. The second-order valence-electron chi connectivity index (χ2n) is 4.75. The fourth-order valence-electron chi connectivity index (χ4n) is 2.14. The van der Waals surface area contributed by atoms with Crippen molar-refractivity contribution >= 4 is 16.9 Å². The minimum absolute atomic E-state index is 0.104. The molecule has 2 aromatic carbocycles. The van der Waals surface area contributed by atoms with Gasteiger partial charge in [0.25, 0.3) is 0 Å². The van der Waals surface area contributed by atoms with Crippen molar-refractivity contribution in [2.45, 2.75) is 6.61 Å². The zero-order valence-electron chi connectivity index (χ0n) is 11.9. The van der Waals surface area contributed by atoms with Gasteiger partial charge in [0.2, 0.25) is 0 Å². The van der Waals surface area contributed by atoms with Crippen molar-refractivity contribution in [3.05, 3.63) is 72.4 Å². The summed E-state index contributed by atoms with van der Waals surface area (Å²) < 4.78 is 10.6. The molecule has 0 saturated carbocycles. The molecular weight excluding hydrogens is 278 g/mol. The Kier molecular flexibility index (Phi) is 4.30. The van der Waals surface area contributed by atoms with Gasteiger partial charge >= 0.3 is 5.97 Å². The van der Waals surface area contributed by atoms with E-state index in [9.17, 15) is 4.79 Å². The smallest absolute Gasteiger partial charge is 0.344 e. The van der Waals surface area contributed by atoms with Crippen LogP contribution < -0.4 is 4.74 Å². The SMILES string of the molecule is O=C(COc1ccccc1)OCc1ccnc2ccccc12. The molecule has 0 aliphatic heterocycles. The first-order chi connectivity index (χ1) is 10.8. The lowest BCUT2D eigenvalue weighted by Crippen LogP contribution is -2.14. The van der Waals surface area contributed by atoms with Crippen molar-refractivity contribution in [3.8, 4) is 5.75 Å². The predicted octanol–water partition coefficient (Wildman–Crippen LogP) is 3.36. The normalized spacial score (nSPS) is 10.4. The fraction of sp³-hybridized carbons (Fsp3) is 0.111. The molecule has 22 heavy (non-hydrogen) atoms. The van der Waals surface area contributed by atoms with Crippen LogP contribution in [0.1, 0.15) is 5.56 Å². The highest BCUT2D eigenvalue weighted by molar-refractivity contribution is 5.82. The highest BCUT2D eigenvalue weighted by Gasteiger charge is 2.07. The number of esters is 1. The number of nitrogens with zero attached hydrogens (tertiary/aromatic N) is 1. The average molecular weight is 293 g/mol. The van der Waals surface area contributed by atoms with E-state index in [1.165, 1.54) is 0 Å². The number of hydrogen-bond donors (Lipinski definition) is 0. The molecule has 0 unspecified atom stereocenters. The van der Waals surface area contributed by atoms with E-state index >= 15 is 0 Å². The summed E-state index contributed by atoms with van der Waals surface area (Å²) in [5, 5.41) is 0.988. The third-order valence-corrected chi connectivity index (χ3v) is 3.23. The van der Waals surface area contributed by atoms with Gasteiger partial charge in [-0.15, -0.1) is 0 Å². The zero-order chi connectivity index (χ0) is 15.2. The molecule has 3 rings (SSSR count). The van der Waals surface area contributed by atoms with Crippen molar-refractivity contribution in [2.24, 2.45) is 0 Å². The number of pyridine rings is 1. The fourth-order valence-corrected chi connectivity index (χ4v) is 2.14. The molecule has 0 fully saturated rings. The molecule has 0 N–H and O–H groups in total. The van der Waals surface area contributed by atoms with Crippen molar-refractivity contribution in [1.29, 1.82) is 0 Å². The molecule has 0 bridgehead atoms. The van der Waals surface area contributed by atoms with Gasteiger partial charge in [0.05, 0.1) is 5.52 Å². The Balaban J connectivity index is 1.58. The quantitative estimate of drug-likeness (QED) is 0.677.